The summed E-state index contributed by atoms with van der Waals surface area (Å²) in [6.07, 6.45) is 0. The molecule has 0 bridgehead atoms. The first-order valence-electron chi connectivity index (χ1n) is 17.5. The van der Waals surface area contributed by atoms with E-state index in [4.69, 9.17) is 34.7 Å². The van der Waals surface area contributed by atoms with Crippen molar-refractivity contribution in [2.45, 2.75) is 0 Å². The van der Waals surface area contributed by atoms with Crippen molar-refractivity contribution in [3.8, 4) is 62.1 Å². The van der Waals surface area contributed by atoms with Gasteiger partial charge in [-0.25, -0.2) is 29.5 Å². The summed E-state index contributed by atoms with van der Waals surface area (Å²) in [4.78, 5) is 26.3. The molecule has 9 aromatic rings. The Bertz CT molecular complexity index is 2900. The van der Waals surface area contributed by atoms with Gasteiger partial charge >= 0.3 is 0 Å². The molecular formula is C48H27N7. The molecule has 0 radical (unpaired) electrons. The van der Waals surface area contributed by atoms with Crippen molar-refractivity contribution >= 4 is 38.9 Å². The minimum Gasteiger partial charge on any atom is -0.309 e. The van der Waals surface area contributed by atoms with Crippen molar-refractivity contribution in [2.75, 3.05) is 0 Å². The third-order valence-electron chi connectivity index (χ3n) is 9.74. The average Bonchev–Trinajstić information content (AvgIpc) is 3.59. The van der Waals surface area contributed by atoms with Crippen LogP contribution in [0.2, 0.25) is 0 Å². The Labute approximate surface area is 317 Å². The third-order valence-corrected chi connectivity index (χ3v) is 9.74. The molecule has 9 rings (SSSR count). The summed E-state index contributed by atoms with van der Waals surface area (Å²) in [5, 5.41) is 1.98. The minimum atomic E-state index is 0.400. The van der Waals surface area contributed by atoms with Gasteiger partial charge in [0.05, 0.1) is 30.7 Å². The van der Waals surface area contributed by atoms with Gasteiger partial charge in [-0.15, -0.1) is 0 Å². The molecule has 0 spiro atoms. The van der Waals surface area contributed by atoms with Crippen molar-refractivity contribution in [3.63, 3.8) is 0 Å². The predicted molar refractivity (Wildman–Crippen MR) is 220 cm³/mol. The molecule has 2 heterocycles. The van der Waals surface area contributed by atoms with Gasteiger partial charge in [-0.1, -0.05) is 127 Å². The maximum Gasteiger partial charge on any atom is 0.198 e. The van der Waals surface area contributed by atoms with Crippen LogP contribution in [0.25, 0.3) is 98.4 Å². The molecule has 0 atom stereocenters. The van der Waals surface area contributed by atoms with Gasteiger partial charge in [0.2, 0.25) is 0 Å². The summed E-state index contributed by atoms with van der Waals surface area (Å²) < 4.78 is 2.19. The highest BCUT2D eigenvalue weighted by atomic mass is 15.0. The van der Waals surface area contributed by atoms with Gasteiger partial charge in [-0.3, -0.25) is 0 Å². The zero-order valence-electron chi connectivity index (χ0n) is 29.2. The van der Waals surface area contributed by atoms with E-state index in [2.05, 4.69) is 55.5 Å². The second-order valence-corrected chi connectivity index (χ2v) is 12.9. The van der Waals surface area contributed by atoms with E-state index in [9.17, 15) is 0 Å². The Morgan fingerprint density at radius 1 is 0.364 bits per heavy atom. The van der Waals surface area contributed by atoms with Gasteiger partial charge < -0.3 is 4.57 Å². The van der Waals surface area contributed by atoms with Gasteiger partial charge in [0.1, 0.15) is 0 Å². The van der Waals surface area contributed by atoms with Crippen LogP contribution in [0.3, 0.4) is 0 Å². The molecule has 2 aromatic heterocycles. The zero-order valence-corrected chi connectivity index (χ0v) is 29.2. The Morgan fingerprint density at radius 3 is 1.29 bits per heavy atom. The van der Waals surface area contributed by atoms with Gasteiger partial charge in [0.15, 0.2) is 34.5 Å². The van der Waals surface area contributed by atoms with Gasteiger partial charge in [-0.05, 0) is 58.7 Å². The maximum atomic E-state index is 8.16. The van der Waals surface area contributed by atoms with E-state index in [1.165, 1.54) is 0 Å². The molecule has 0 aliphatic rings. The summed E-state index contributed by atoms with van der Waals surface area (Å²) >= 11 is 0. The fraction of sp³-hybridized carbons (Fsp3) is 0. The van der Waals surface area contributed by atoms with Crippen LogP contribution in [0.15, 0.2) is 164 Å². The van der Waals surface area contributed by atoms with Crippen molar-refractivity contribution in [3.05, 3.63) is 198 Å². The van der Waals surface area contributed by atoms with Crippen molar-refractivity contribution in [1.29, 1.82) is 0 Å². The second kappa shape index (κ2) is 13.7. The van der Waals surface area contributed by atoms with Gasteiger partial charge in [0, 0.05) is 33.2 Å². The lowest BCUT2D eigenvalue weighted by atomic mass is 9.99. The number of hydrogen-bond acceptors (Lipinski definition) is 3. The molecule has 0 N–H and O–H groups in total. The molecule has 7 aromatic carbocycles. The first-order chi connectivity index (χ1) is 27.1. The highest BCUT2D eigenvalue weighted by molar-refractivity contribution is 6.12. The second-order valence-electron chi connectivity index (χ2n) is 12.9. The van der Waals surface area contributed by atoms with E-state index in [0.717, 1.165) is 60.9 Å². The molecule has 55 heavy (non-hydrogen) atoms. The number of aromatic nitrogens is 4. The highest BCUT2D eigenvalue weighted by Gasteiger charge is 2.20. The van der Waals surface area contributed by atoms with Crippen LogP contribution in [0.4, 0.5) is 17.1 Å². The number of nitrogens with zero attached hydrogens (tertiary/aromatic N) is 7. The monoisotopic (exact) mass is 701 g/mol. The fourth-order valence-electron chi connectivity index (χ4n) is 7.14. The van der Waals surface area contributed by atoms with E-state index in [1.54, 1.807) is 0 Å². The molecule has 7 heteroatoms. The topological polar surface area (TPSA) is 56.7 Å². The van der Waals surface area contributed by atoms with Crippen molar-refractivity contribution < 1.29 is 0 Å². The predicted octanol–water partition coefficient (Wildman–Crippen LogP) is 13.0. The van der Waals surface area contributed by atoms with Crippen LogP contribution in [-0.4, -0.2) is 19.5 Å². The Morgan fingerprint density at radius 2 is 0.800 bits per heavy atom. The molecule has 0 amide bonds. The highest BCUT2D eigenvalue weighted by Crippen LogP contribution is 2.41. The van der Waals surface area contributed by atoms with Crippen LogP contribution in [0, 0.1) is 19.7 Å². The summed E-state index contributed by atoms with van der Waals surface area (Å²) in [6.45, 7) is 23.8. The number of rotatable bonds is 6. The first kappa shape index (κ1) is 32.7. The van der Waals surface area contributed by atoms with E-state index in [0.29, 0.717) is 40.1 Å². The fourth-order valence-corrected chi connectivity index (χ4v) is 7.14. The number of benzene rings is 7. The quantitative estimate of drug-likeness (QED) is 0.162. The van der Waals surface area contributed by atoms with E-state index in [1.807, 2.05) is 127 Å². The molecule has 0 aliphatic carbocycles. The van der Waals surface area contributed by atoms with Gasteiger partial charge in [0.25, 0.3) is 0 Å². The lowest BCUT2D eigenvalue weighted by Gasteiger charge is -2.13. The number of para-hydroxylation sites is 2. The Hall–Kier alpha value is -8.18. The maximum absolute atomic E-state index is 8.16. The lowest BCUT2D eigenvalue weighted by molar-refractivity contribution is 1.07. The summed E-state index contributed by atoms with van der Waals surface area (Å²) in [5.74, 6) is 1.43. The zero-order chi connectivity index (χ0) is 37.3. The van der Waals surface area contributed by atoms with Crippen LogP contribution >= 0.6 is 0 Å². The molecule has 0 fully saturated rings. The summed E-state index contributed by atoms with van der Waals surface area (Å²) in [6, 6.07) is 53.2. The number of fused-ring (bicyclic) bond motifs is 3. The normalized spacial score (nSPS) is 10.9. The SMILES string of the molecule is [C-]#[N+]c1ccccc1-c1ccc2c(c1)c1cc(-c3ccccc3[N+]#[C-])ccc1n2-c1ccc([N+]#[C-])c(-c2nc(-c3ccccc3)nc(-c3ccccc3)n2)c1. The molecule has 0 saturated heterocycles. The molecule has 7 nitrogen and oxygen atoms in total. The van der Waals surface area contributed by atoms with Crippen molar-refractivity contribution in [2.24, 2.45) is 0 Å². The molecule has 254 valence electrons. The van der Waals surface area contributed by atoms with Crippen LogP contribution in [0.5, 0.6) is 0 Å². The third kappa shape index (κ3) is 5.83. The lowest BCUT2D eigenvalue weighted by Crippen LogP contribution is -2.01. The van der Waals surface area contributed by atoms with Crippen LogP contribution in [0.1, 0.15) is 0 Å². The summed E-state index contributed by atoms with van der Waals surface area (Å²) in [5.41, 5.74) is 10.2. The van der Waals surface area contributed by atoms with Gasteiger partial charge in [-0.2, -0.15) is 0 Å². The molecule has 0 unspecified atom stereocenters. The smallest absolute Gasteiger partial charge is 0.198 e. The molecule has 0 aliphatic heterocycles. The van der Waals surface area contributed by atoms with E-state index in [-0.39, 0.29) is 0 Å². The number of hydrogen-bond donors (Lipinski definition) is 0. The van der Waals surface area contributed by atoms with Crippen LogP contribution < -0.4 is 0 Å². The molecule has 0 saturated carbocycles. The van der Waals surface area contributed by atoms with E-state index < -0.39 is 0 Å². The van der Waals surface area contributed by atoms with Crippen molar-refractivity contribution in [1.82, 2.24) is 19.5 Å². The Kier molecular flexibility index (Phi) is 8.18. The van der Waals surface area contributed by atoms with E-state index >= 15 is 0 Å². The van der Waals surface area contributed by atoms with Crippen LogP contribution in [-0.2, 0) is 0 Å². The minimum absolute atomic E-state index is 0.400. The average molecular weight is 702 g/mol. The Balaban J connectivity index is 1.29. The molecular weight excluding hydrogens is 675 g/mol. The largest absolute Gasteiger partial charge is 0.309 e. The summed E-state index contributed by atoms with van der Waals surface area (Å²) in [7, 11) is 0. The first-order valence-corrected chi connectivity index (χ1v) is 17.5. The standard InChI is InChI=1S/C48H27N7/c1-49-41-20-12-10-18-36(41)33-22-26-44-38(28-33)39-29-34(37-19-11-13-21-42(37)50-2)23-27-45(39)55(44)35-24-25-43(51-3)40(30-35)48-53-46(31-14-6-4-7-15-31)52-47(54-48)32-16-8-5-9-17-32/h4-30H.